The summed E-state index contributed by atoms with van der Waals surface area (Å²) in [6.07, 6.45) is 0.603. The molecular weight excluding hydrogens is 293 g/mol. The molecule has 21 heavy (non-hydrogen) atoms. The van der Waals surface area contributed by atoms with Crippen molar-refractivity contribution in [2.24, 2.45) is 0 Å². The fourth-order valence-electron chi connectivity index (χ4n) is 1.65. The number of halogens is 2. The molecule has 5 heteroatoms. The van der Waals surface area contributed by atoms with Gasteiger partial charge in [-0.25, -0.2) is 4.39 Å². The van der Waals surface area contributed by atoms with Crippen molar-refractivity contribution in [2.75, 3.05) is 13.2 Å². The standard InChI is InChI=1S/C16H13ClFNO2/c17-14-3-1-4-15(16(14)18)21-10-2-9-20-13-7-5-12(11-19)6-8-13/h1,3-8H,2,9-10H2. The Morgan fingerprint density at radius 3 is 2.48 bits per heavy atom. The van der Waals surface area contributed by atoms with E-state index < -0.39 is 5.82 Å². The van der Waals surface area contributed by atoms with Crippen molar-refractivity contribution in [1.29, 1.82) is 5.26 Å². The minimum absolute atomic E-state index is 0.0429. The largest absolute Gasteiger partial charge is 0.493 e. The summed E-state index contributed by atoms with van der Waals surface area (Å²) in [5.41, 5.74) is 0.585. The number of hydrogen-bond donors (Lipinski definition) is 0. The van der Waals surface area contributed by atoms with Crippen molar-refractivity contribution >= 4 is 11.6 Å². The molecular formula is C16H13ClFNO2. The minimum atomic E-state index is -0.549. The zero-order valence-corrected chi connectivity index (χ0v) is 11.9. The van der Waals surface area contributed by atoms with E-state index in [2.05, 4.69) is 0 Å². The van der Waals surface area contributed by atoms with Crippen LogP contribution in [0.2, 0.25) is 5.02 Å². The SMILES string of the molecule is N#Cc1ccc(OCCCOc2cccc(Cl)c2F)cc1. The molecule has 0 unspecified atom stereocenters. The smallest absolute Gasteiger partial charge is 0.183 e. The molecule has 0 aliphatic heterocycles. The number of benzene rings is 2. The van der Waals surface area contributed by atoms with E-state index in [9.17, 15) is 4.39 Å². The molecule has 0 saturated carbocycles. The summed E-state index contributed by atoms with van der Waals surface area (Å²) in [4.78, 5) is 0. The molecule has 0 amide bonds. The van der Waals surface area contributed by atoms with Gasteiger partial charge in [0, 0.05) is 6.42 Å². The van der Waals surface area contributed by atoms with E-state index in [1.807, 2.05) is 6.07 Å². The quantitative estimate of drug-likeness (QED) is 0.751. The summed E-state index contributed by atoms with van der Waals surface area (Å²) in [7, 11) is 0. The Bertz CT molecular complexity index is 638. The van der Waals surface area contributed by atoms with Crippen LogP contribution < -0.4 is 9.47 Å². The van der Waals surface area contributed by atoms with Crippen molar-refractivity contribution in [3.63, 3.8) is 0 Å². The van der Waals surface area contributed by atoms with Crippen LogP contribution in [0.3, 0.4) is 0 Å². The highest BCUT2D eigenvalue weighted by Gasteiger charge is 2.06. The third-order valence-corrected chi connectivity index (χ3v) is 3.01. The first-order valence-corrected chi connectivity index (χ1v) is 6.78. The molecule has 108 valence electrons. The molecule has 0 aliphatic carbocycles. The summed E-state index contributed by atoms with van der Waals surface area (Å²) in [6.45, 7) is 0.766. The first-order chi connectivity index (χ1) is 10.2. The van der Waals surface area contributed by atoms with Gasteiger partial charge < -0.3 is 9.47 Å². The van der Waals surface area contributed by atoms with Crippen LogP contribution >= 0.6 is 11.6 Å². The fourth-order valence-corrected chi connectivity index (χ4v) is 1.82. The lowest BCUT2D eigenvalue weighted by molar-refractivity contribution is 0.241. The Morgan fingerprint density at radius 2 is 1.76 bits per heavy atom. The Morgan fingerprint density at radius 1 is 1.05 bits per heavy atom. The summed E-state index contributed by atoms with van der Waals surface area (Å²) in [6, 6.07) is 13.5. The molecule has 3 nitrogen and oxygen atoms in total. The summed E-state index contributed by atoms with van der Waals surface area (Å²) in [5, 5.41) is 8.72. The third-order valence-electron chi connectivity index (χ3n) is 2.71. The maximum atomic E-state index is 13.5. The molecule has 2 rings (SSSR count). The molecule has 0 N–H and O–H groups in total. The number of nitrogens with zero attached hydrogens (tertiary/aromatic N) is 1. The van der Waals surface area contributed by atoms with Crippen LogP contribution in [-0.2, 0) is 0 Å². The van der Waals surface area contributed by atoms with Crippen molar-refractivity contribution in [1.82, 2.24) is 0 Å². The molecule has 0 saturated heterocycles. The third kappa shape index (κ3) is 4.37. The highest BCUT2D eigenvalue weighted by Crippen LogP contribution is 2.24. The molecule has 0 radical (unpaired) electrons. The lowest BCUT2D eigenvalue weighted by atomic mass is 10.2. The van der Waals surface area contributed by atoms with Crippen LogP contribution in [0.5, 0.6) is 11.5 Å². The molecule has 0 fully saturated rings. The maximum Gasteiger partial charge on any atom is 0.183 e. The molecule has 2 aromatic rings. The lowest BCUT2D eigenvalue weighted by Gasteiger charge is -2.09. The number of nitriles is 1. The van der Waals surface area contributed by atoms with Gasteiger partial charge >= 0.3 is 0 Å². The Hall–Kier alpha value is -2.25. The van der Waals surface area contributed by atoms with Crippen molar-refractivity contribution < 1.29 is 13.9 Å². The highest BCUT2D eigenvalue weighted by molar-refractivity contribution is 6.30. The second-order valence-electron chi connectivity index (χ2n) is 4.24. The molecule has 2 aromatic carbocycles. The second-order valence-corrected chi connectivity index (χ2v) is 4.65. The van der Waals surface area contributed by atoms with E-state index in [0.29, 0.717) is 30.9 Å². The first kappa shape index (κ1) is 15.1. The Labute approximate surface area is 127 Å². The van der Waals surface area contributed by atoms with E-state index in [1.165, 1.54) is 12.1 Å². The molecule has 0 bridgehead atoms. The van der Waals surface area contributed by atoms with E-state index >= 15 is 0 Å². The second kappa shape index (κ2) is 7.51. The maximum absolute atomic E-state index is 13.5. The highest BCUT2D eigenvalue weighted by atomic mass is 35.5. The topological polar surface area (TPSA) is 42.2 Å². The zero-order valence-electron chi connectivity index (χ0n) is 11.2. The van der Waals surface area contributed by atoms with Crippen molar-refractivity contribution in [3.8, 4) is 17.6 Å². The van der Waals surface area contributed by atoms with Gasteiger partial charge in [0.2, 0.25) is 0 Å². The average Bonchev–Trinajstić information content (AvgIpc) is 2.51. The zero-order chi connectivity index (χ0) is 15.1. The van der Waals surface area contributed by atoms with Crippen LogP contribution in [0.1, 0.15) is 12.0 Å². The number of rotatable bonds is 6. The predicted octanol–water partition coefficient (Wildman–Crippen LogP) is 4.20. The van der Waals surface area contributed by atoms with E-state index in [1.54, 1.807) is 30.3 Å². The number of hydrogen-bond acceptors (Lipinski definition) is 3. The van der Waals surface area contributed by atoms with E-state index in [-0.39, 0.29) is 10.8 Å². The monoisotopic (exact) mass is 305 g/mol. The van der Waals surface area contributed by atoms with Gasteiger partial charge in [0.1, 0.15) is 5.75 Å². The van der Waals surface area contributed by atoms with Gasteiger partial charge in [-0.1, -0.05) is 17.7 Å². The summed E-state index contributed by atoms with van der Waals surface area (Å²) >= 11 is 5.66. The van der Waals surface area contributed by atoms with Crippen molar-refractivity contribution in [2.45, 2.75) is 6.42 Å². The van der Waals surface area contributed by atoms with Gasteiger partial charge in [-0.3, -0.25) is 0 Å². The van der Waals surface area contributed by atoms with Gasteiger partial charge in [-0.2, -0.15) is 5.26 Å². The van der Waals surface area contributed by atoms with Gasteiger partial charge in [0.15, 0.2) is 11.6 Å². The average molecular weight is 306 g/mol. The Balaban J connectivity index is 1.72. The van der Waals surface area contributed by atoms with E-state index in [4.69, 9.17) is 26.3 Å². The van der Waals surface area contributed by atoms with Crippen LogP contribution in [0.4, 0.5) is 4.39 Å². The normalized spacial score (nSPS) is 9.95. The Kier molecular flexibility index (Phi) is 5.42. The lowest BCUT2D eigenvalue weighted by Crippen LogP contribution is -2.05. The molecule has 0 aliphatic rings. The van der Waals surface area contributed by atoms with Crippen LogP contribution in [0, 0.1) is 17.1 Å². The summed E-state index contributed by atoms with van der Waals surface area (Å²) in [5.74, 6) is 0.274. The van der Waals surface area contributed by atoms with Crippen molar-refractivity contribution in [3.05, 3.63) is 58.9 Å². The van der Waals surface area contributed by atoms with Gasteiger partial charge in [-0.15, -0.1) is 0 Å². The molecule has 0 atom stereocenters. The van der Waals surface area contributed by atoms with Crippen LogP contribution in [0.25, 0.3) is 0 Å². The molecule has 0 aromatic heterocycles. The predicted molar refractivity (Wildman–Crippen MR) is 78.2 cm³/mol. The first-order valence-electron chi connectivity index (χ1n) is 6.40. The van der Waals surface area contributed by atoms with E-state index in [0.717, 1.165) is 0 Å². The van der Waals surface area contributed by atoms with Gasteiger partial charge in [0.05, 0.1) is 29.9 Å². The molecule has 0 heterocycles. The van der Waals surface area contributed by atoms with Gasteiger partial charge in [0.25, 0.3) is 0 Å². The number of ether oxygens (including phenoxy) is 2. The van der Waals surface area contributed by atoms with Crippen LogP contribution in [0.15, 0.2) is 42.5 Å². The molecule has 0 spiro atoms. The fraction of sp³-hybridized carbons (Fsp3) is 0.188. The van der Waals surface area contributed by atoms with Crippen LogP contribution in [-0.4, -0.2) is 13.2 Å². The van der Waals surface area contributed by atoms with Gasteiger partial charge in [-0.05, 0) is 36.4 Å². The summed E-state index contributed by atoms with van der Waals surface area (Å²) < 4.78 is 24.3. The minimum Gasteiger partial charge on any atom is -0.493 e.